The highest BCUT2D eigenvalue weighted by Crippen LogP contribution is 2.18. The Morgan fingerprint density at radius 1 is 1.13 bits per heavy atom. The predicted octanol–water partition coefficient (Wildman–Crippen LogP) is 3.91. The second-order valence-electron chi connectivity index (χ2n) is 7.70. The van der Waals surface area contributed by atoms with E-state index in [9.17, 15) is 0 Å². The maximum absolute atomic E-state index is 5.82. The van der Waals surface area contributed by atoms with Gasteiger partial charge in [-0.05, 0) is 38.0 Å². The average Bonchev–Trinajstić information content (AvgIpc) is 2.71. The molecule has 3 rings (SSSR count). The second kappa shape index (κ2) is 12.1. The summed E-state index contributed by atoms with van der Waals surface area (Å²) in [4.78, 5) is 13.9. The van der Waals surface area contributed by atoms with Gasteiger partial charge in [-0.25, -0.2) is 9.98 Å². The Balaban J connectivity index is 0.00000320. The molecule has 1 aliphatic rings. The number of hydrogen-bond donors (Lipinski definition) is 1. The van der Waals surface area contributed by atoms with Gasteiger partial charge < -0.3 is 19.9 Å². The molecule has 6 nitrogen and oxygen atoms in total. The molecule has 1 fully saturated rings. The smallest absolute Gasteiger partial charge is 0.194 e. The van der Waals surface area contributed by atoms with E-state index >= 15 is 0 Å². The largest absolute Gasteiger partial charge is 0.372 e. The number of pyridine rings is 1. The molecule has 2 heterocycles. The summed E-state index contributed by atoms with van der Waals surface area (Å²) in [5, 5.41) is 3.38. The molecule has 0 spiro atoms. The highest BCUT2D eigenvalue weighted by molar-refractivity contribution is 14.0. The topological polar surface area (TPSA) is 53.0 Å². The lowest BCUT2D eigenvalue weighted by Gasteiger charge is -2.36. The molecular formula is C23H34IN5O. The van der Waals surface area contributed by atoms with Crippen molar-refractivity contribution in [3.63, 3.8) is 0 Å². The van der Waals surface area contributed by atoms with Crippen LogP contribution in [0.5, 0.6) is 0 Å². The molecule has 1 aromatic carbocycles. The summed E-state index contributed by atoms with van der Waals surface area (Å²) in [6, 6.07) is 14.7. The fourth-order valence-electron chi connectivity index (χ4n) is 3.63. The number of hydrogen-bond acceptors (Lipinski definition) is 4. The van der Waals surface area contributed by atoms with E-state index in [1.54, 1.807) is 0 Å². The van der Waals surface area contributed by atoms with Crippen LogP contribution in [-0.4, -0.2) is 54.7 Å². The second-order valence-corrected chi connectivity index (χ2v) is 7.70. The van der Waals surface area contributed by atoms with Gasteiger partial charge in [0.25, 0.3) is 0 Å². The van der Waals surface area contributed by atoms with Crippen LogP contribution < -0.4 is 10.2 Å². The maximum Gasteiger partial charge on any atom is 0.194 e. The Bertz CT molecular complexity index is 774. The summed E-state index contributed by atoms with van der Waals surface area (Å²) in [7, 11) is 2.07. The molecule has 7 heteroatoms. The molecule has 0 amide bonds. The summed E-state index contributed by atoms with van der Waals surface area (Å²) in [5.41, 5.74) is 2.37. The Kier molecular flexibility index (Phi) is 9.84. The van der Waals surface area contributed by atoms with Crippen molar-refractivity contribution in [2.75, 3.05) is 31.6 Å². The molecule has 2 unspecified atom stereocenters. The number of benzene rings is 1. The fourth-order valence-corrected chi connectivity index (χ4v) is 3.63. The van der Waals surface area contributed by atoms with Gasteiger partial charge in [0.1, 0.15) is 5.82 Å². The molecule has 0 aliphatic carbocycles. The number of aromatic nitrogens is 1. The number of anilines is 1. The van der Waals surface area contributed by atoms with Crippen LogP contribution in [-0.2, 0) is 17.8 Å². The first-order chi connectivity index (χ1) is 14.0. The van der Waals surface area contributed by atoms with E-state index in [1.165, 1.54) is 5.56 Å². The first-order valence-electron chi connectivity index (χ1n) is 10.4. The van der Waals surface area contributed by atoms with E-state index < -0.39 is 0 Å². The van der Waals surface area contributed by atoms with Gasteiger partial charge in [0.05, 0.1) is 18.8 Å². The molecule has 1 aliphatic heterocycles. The van der Waals surface area contributed by atoms with Crippen molar-refractivity contribution in [2.45, 2.75) is 46.1 Å². The molecule has 164 valence electrons. The number of nitrogens with zero attached hydrogens (tertiary/aromatic N) is 4. The Morgan fingerprint density at radius 2 is 1.83 bits per heavy atom. The lowest BCUT2D eigenvalue weighted by molar-refractivity contribution is -0.00545. The van der Waals surface area contributed by atoms with Gasteiger partial charge in [-0.2, -0.15) is 0 Å². The molecule has 2 atom stereocenters. The molecule has 1 aromatic heterocycles. The van der Waals surface area contributed by atoms with Gasteiger partial charge in [0.2, 0.25) is 0 Å². The number of rotatable bonds is 6. The van der Waals surface area contributed by atoms with Crippen molar-refractivity contribution in [1.82, 2.24) is 15.2 Å². The fraction of sp³-hybridized carbons (Fsp3) is 0.478. The minimum atomic E-state index is 0. The Hall–Kier alpha value is -1.87. The van der Waals surface area contributed by atoms with E-state index in [1.807, 2.05) is 12.3 Å². The zero-order valence-corrected chi connectivity index (χ0v) is 20.7. The lowest BCUT2D eigenvalue weighted by atomic mass is 10.2. The summed E-state index contributed by atoms with van der Waals surface area (Å²) in [5.74, 6) is 1.91. The van der Waals surface area contributed by atoms with Gasteiger partial charge in [0, 0.05) is 39.4 Å². The van der Waals surface area contributed by atoms with Crippen LogP contribution in [0.3, 0.4) is 0 Å². The minimum absolute atomic E-state index is 0. The highest BCUT2D eigenvalue weighted by Gasteiger charge is 2.22. The molecule has 0 saturated carbocycles. The van der Waals surface area contributed by atoms with Crippen molar-refractivity contribution < 1.29 is 4.74 Å². The monoisotopic (exact) mass is 523 g/mol. The van der Waals surface area contributed by atoms with E-state index in [4.69, 9.17) is 9.73 Å². The van der Waals surface area contributed by atoms with Crippen molar-refractivity contribution >= 4 is 35.8 Å². The van der Waals surface area contributed by atoms with E-state index in [-0.39, 0.29) is 36.2 Å². The lowest BCUT2D eigenvalue weighted by Crippen LogP contribution is -2.45. The summed E-state index contributed by atoms with van der Waals surface area (Å²) in [6.45, 7) is 10.3. The summed E-state index contributed by atoms with van der Waals surface area (Å²) < 4.78 is 5.82. The van der Waals surface area contributed by atoms with Crippen LogP contribution in [0.4, 0.5) is 5.82 Å². The summed E-state index contributed by atoms with van der Waals surface area (Å²) >= 11 is 0. The van der Waals surface area contributed by atoms with Gasteiger partial charge >= 0.3 is 0 Å². The summed E-state index contributed by atoms with van der Waals surface area (Å²) in [6.07, 6.45) is 2.39. The molecule has 2 aromatic rings. The maximum atomic E-state index is 5.82. The number of halogens is 1. The third-order valence-corrected chi connectivity index (χ3v) is 4.92. The normalized spacial score (nSPS) is 19.2. The molecular weight excluding hydrogens is 489 g/mol. The van der Waals surface area contributed by atoms with Crippen molar-refractivity contribution in [3.05, 3.63) is 59.8 Å². The average molecular weight is 523 g/mol. The highest BCUT2D eigenvalue weighted by atomic mass is 127. The van der Waals surface area contributed by atoms with Gasteiger partial charge in [-0.1, -0.05) is 36.4 Å². The molecule has 1 saturated heterocycles. The third-order valence-electron chi connectivity index (χ3n) is 4.92. The third kappa shape index (κ3) is 7.12. The number of ether oxygens (including phenoxy) is 1. The van der Waals surface area contributed by atoms with Gasteiger partial charge in [-0.15, -0.1) is 24.0 Å². The van der Waals surface area contributed by atoms with Crippen molar-refractivity contribution in [2.24, 2.45) is 4.99 Å². The van der Waals surface area contributed by atoms with Crippen LogP contribution in [0.25, 0.3) is 0 Å². The Labute approximate surface area is 197 Å². The van der Waals surface area contributed by atoms with Crippen LogP contribution >= 0.6 is 24.0 Å². The number of guanidine groups is 1. The SMILES string of the molecule is CCNC(=NCc1ccc(N2CC(C)OC(C)C2)nc1)N(C)Cc1ccccc1.I. The van der Waals surface area contributed by atoms with Crippen molar-refractivity contribution in [3.8, 4) is 0 Å². The number of morpholine rings is 1. The first kappa shape index (κ1) is 24.4. The molecule has 0 bridgehead atoms. The number of aliphatic imine (C=N–C) groups is 1. The zero-order chi connectivity index (χ0) is 20.6. The standard InChI is InChI=1S/C23H33N5O.HI/c1-5-24-23(27(4)17-20-9-7-6-8-10-20)26-14-21-11-12-22(25-13-21)28-15-18(2)29-19(3)16-28;/h6-13,18-19H,5,14-17H2,1-4H3,(H,24,26);1H. The first-order valence-corrected chi connectivity index (χ1v) is 10.4. The van der Waals surface area contributed by atoms with E-state index in [2.05, 4.69) is 84.3 Å². The van der Waals surface area contributed by atoms with E-state index in [0.29, 0.717) is 6.54 Å². The van der Waals surface area contributed by atoms with Crippen LogP contribution in [0.1, 0.15) is 31.9 Å². The van der Waals surface area contributed by atoms with Crippen LogP contribution in [0.15, 0.2) is 53.7 Å². The molecule has 30 heavy (non-hydrogen) atoms. The van der Waals surface area contributed by atoms with Crippen molar-refractivity contribution in [1.29, 1.82) is 0 Å². The number of nitrogens with one attached hydrogen (secondary N) is 1. The zero-order valence-electron chi connectivity index (χ0n) is 18.4. The molecule has 1 N–H and O–H groups in total. The predicted molar refractivity (Wildman–Crippen MR) is 135 cm³/mol. The van der Waals surface area contributed by atoms with Crippen LogP contribution in [0, 0.1) is 0 Å². The quantitative estimate of drug-likeness (QED) is 0.354. The van der Waals surface area contributed by atoms with Crippen LogP contribution in [0.2, 0.25) is 0 Å². The Morgan fingerprint density at radius 3 is 2.43 bits per heavy atom. The molecule has 0 radical (unpaired) electrons. The van der Waals surface area contributed by atoms with E-state index in [0.717, 1.165) is 43.5 Å². The van der Waals surface area contributed by atoms with Gasteiger partial charge in [0.15, 0.2) is 5.96 Å². The minimum Gasteiger partial charge on any atom is -0.372 e. The van der Waals surface area contributed by atoms with Gasteiger partial charge in [-0.3, -0.25) is 0 Å².